The van der Waals surface area contributed by atoms with Gasteiger partial charge >= 0.3 is 0 Å². The molecule has 2 nitrogen and oxygen atoms in total. The van der Waals surface area contributed by atoms with E-state index in [1.54, 1.807) is 6.20 Å². The maximum absolute atomic E-state index is 6.00. The highest BCUT2D eigenvalue weighted by molar-refractivity contribution is 6.42. The molecule has 4 heteroatoms. The van der Waals surface area contributed by atoms with Crippen molar-refractivity contribution in [2.75, 3.05) is 7.05 Å². The molecule has 0 unspecified atom stereocenters. The molecule has 0 N–H and O–H groups in total. The minimum absolute atomic E-state index is 0.593. The third kappa shape index (κ3) is 3.70. The van der Waals surface area contributed by atoms with Crippen molar-refractivity contribution in [1.29, 1.82) is 0 Å². The monoisotopic (exact) mass is 280 g/mol. The number of hydrogen-bond donors (Lipinski definition) is 0. The Hall–Kier alpha value is -1.09. The SMILES string of the molecule is CN(Cc1cccnc1)Cc1ccc(Cl)c(Cl)c1. The summed E-state index contributed by atoms with van der Waals surface area (Å²) in [6, 6.07) is 9.75. The molecule has 0 atom stereocenters. The quantitative estimate of drug-likeness (QED) is 0.841. The summed E-state index contributed by atoms with van der Waals surface area (Å²) in [6.07, 6.45) is 3.66. The third-order valence-corrected chi connectivity index (χ3v) is 3.35. The first kappa shape index (κ1) is 13.3. The van der Waals surface area contributed by atoms with E-state index in [9.17, 15) is 0 Å². The van der Waals surface area contributed by atoms with Gasteiger partial charge in [0.05, 0.1) is 10.0 Å². The smallest absolute Gasteiger partial charge is 0.0595 e. The van der Waals surface area contributed by atoms with Gasteiger partial charge in [-0.3, -0.25) is 9.88 Å². The molecule has 0 radical (unpaired) electrons. The average molecular weight is 281 g/mol. The van der Waals surface area contributed by atoms with Crippen molar-refractivity contribution >= 4 is 23.2 Å². The first-order valence-electron chi connectivity index (χ1n) is 5.66. The molecule has 0 bridgehead atoms. The first-order valence-corrected chi connectivity index (χ1v) is 6.42. The van der Waals surface area contributed by atoms with Crippen molar-refractivity contribution in [3.63, 3.8) is 0 Å². The summed E-state index contributed by atoms with van der Waals surface area (Å²) < 4.78 is 0. The molecule has 0 saturated heterocycles. The van der Waals surface area contributed by atoms with E-state index < -0.39 is 0 Å². The van der Waals surface area contributed by atoms with Crippen molar-refractivity contribution in [1.82, 2.24) is 9.88 Å². The zero-order valence-corrected chi connectivity index (χ0v) is 11.6. The van der Waals surface area contributed by atoms with E-state index in [1.807, 2.05) is 30.5 Å². The van der Waals surface area contributed by atoms with Gasteiger partial charge in [-0.2, -0.15) is 0 Å². The standard InChI is InChI=1S/C14H14Cl2N2/c1-18(10-12-3-2-6-17-8-12)9-11-4-5-13(15)14(16)7-11/h2-8H,9-10H2,1H3. The lowest BCUT2D eigenvalue weighted by Crippen LogP contribution is -2.17. The fourth-order valence-corrected chi connectivity index (χ4v) is 2.13. The van der Waals surface area contributed by atoms with Crippen LogP contribution in [-0.4, -0.2) is 16.9 Å². The largest absolute Gasteiger partial charge is 0.298 e. The van der Waals surface area contributed by atoms with Gasteiger partial charge in [-0.1, -0.05) is 35.3 Å². The summed E-state index contributed by atoms with van der Waals surface area (Å²) >= 11 is 11.9. The van der Waals surface area contributed by atoms with Gasteiger partial charge in [0, 0.05) is 25.5 Å². The minimum atomic E-state index is 0.593. The van der Waals surface area contributed by atoms with Gasteiger partial charge in [-0.15, -0.1) is 0 Å². The molecule has 0 saturated carbocycles. The molecule has 1 heterocycles. The number of benzene rings is 1. The lowest BCUT2D eigenvalue weighted by molar-refractivity contribution is 0.318. The summed E-state index contributed by atoms with van der Waals surface area (Å²) in [5.74, 6) is 0. The van der Waals surface area contributed by atoms with Gasteiger partial charge in [-0.25, -0.2) is 0 Å². The van der Waals surface area contributed by atoms with Gasteiger partial charge in [0.1, 0.15) is 0 Å². The Balaban J connectivity index is 1.99. The number of pyridine rings is 1. The molecule has 0 aliphatic carbocycles. The highest BCUT2D eigenvalue weighted by atomic mass is 35.5. The van der Waals surface area contributed by atoms with Crippen LogP contribution in [0.4, 0.5) is 0 Å². The average Bonchev–Trinajstić information content (AvgIpc) is 2.35. The summed E-state index contributed by atoms with van der Waals surface area (Å²) in [5, 5.41) is 1.19. The fourth-order valence-electron chi connectivity index (χ4n) is 1.81. The maximum Gasteiger partial charge on any atom is 0.0595 e. The first-order chi connectivity index (χ1) is 8.65. The zero-order valence-electron chi connectivity index (χ0n) is 10.1. The molecule has 2 aromatic rings. The molecule has 0 fully saturated rings. The molecule has 2 rings (SSSR count). The Kier molecular flexibility index (Phi) is 4.59. The molecule has 1 aromatic carbocycles. The number of hydrogen-bond acceptors (Lipinski definition) is 2. The molecular weight excluding hydrogens is 267 g/mol. The van der Waals surface area contributed by atoms with Crippen molar-refractivity contribution in [2.24, 2.45) is 0 Å². The van der Waals surface area contributed by atoms with Gasteiger partial charge in [0.25, 0.3) is 0 Å². The van der Waals surface area contributed by atoms with E-state index in [1.165, 1.54) is 5.56 Å². The Morgan fingerprint density at radius 3 is 2.50 bits per heavy atom. The lowest BCUT2D eigenvalue weighted by atomic mass is 10.2. The zero-order chi connectivity index (χ0) is 13.0. The van der Waals surface area contributed by atoms with Crippen molar-refractivity contribution in [2.45, 2.75) is 13.1 Å². The molecule has 0 aliphatic heterocycles. The van der Waals surface area contributed by atoms with E-state index in [4.69, 9.17) is 23.2 Å². The predicted octanol–water partition coefficient (Wildman–Crippen LogP) is 4.02. The number of aromatic nitrogens is 1. The molecular formula is C14H14Cl2N2. The van der Waals surface area contributed by atoms with Crippen LogP contribution < -0.4 is 0 Å². The van der Waals surface area contributed by atoms with E-state index in [0.29, 0.717) is 10.0 Å². The van der Waals surface area contributed by atoms with E-state index in [0.717, 1.165) is 18.7 Å². The van der Waals surface area contributed by atoms with Gasteiger partial charge in [-0.05, 0) is 36.4 Å². The summed E-state index contributed by atoms with van der Waals surface area (Å²) in [4.78, 5) is 6.31. The summed E-state index contributed by atoms with van der Waals surface area (Å²) in [7, 11) is 2.06. The Morgan fingerprint density at radius 2 is 1.83 bits per heavy atom. The summed E-state index contributed by atoms with van der Waals surface area (Å²) in [5.41, 5.74) is 2.34. The van der Waals surface area contributed by atoms with Crippen LogP contribution in [0.5, 0.6) is 0 Å². The van der Waals surface area contributed by atoms with Crippen LogP contribution in [0.1, 0.15) is 11.1 Å². The van der Waals surface area contributed by atoms with Crippen molar-refractivity contribution in [3.8, 4) is 0 Å². The third-order valence-electron chi connectivity index (χ3n) is 2.61. The van der Waals surface area contributed by atoms with Crippen LogP contribution in [0.2, 0.25) is 10.0 Å². The normalized spacial score (nSPS) is 10.9. The molecule has 0 spiro atoms. The van der Waals surface area contributed by atoms with Crippen molar-refractivity contribution < 1.29 is 0 Å². The Labute approximate surface area is 117 Å². The summed E-state index contributed by atoms with van der Waals surface area (Å²) in [6.45, 7) is 1.68. The van der Waals surface area contributed by atoms with Gasteiger partial charge < -0.3 is 0 Å². The van der Waals surface area contributed by atoms with Gasteiger partial charge in [0.2, 0.25) is 0 Å². The molecule has 94 valence electrons. The topological polar surface area (TPSA) is 16.1 Å². The van der Waals surface area contributed by atoms with Crippen LogP contribution in [0.15, 0.2) is 42.7 Å². The van der Waals surface area contributed by atoms with Crippen LogP contribution in [0.3, 0.4) is 0 Å². The van der Waals surface area contributed by atoms with Crippen LogP contribution in [0.25, 0.3) is 0 Å². The predicted molar refractivity (Wildman–Crippen MR) is 75.9 cm³/mol. The van der Waals surface area contributed by atoms with E-state index in [2.05, 4.69) is 23.0 Å². The van der Waals surface area contributed by atoms with Gasteiger partial charge in [0.15, 0.2) is 0 Å². The number of halogens is 2. The highest BCUT2D eigenvalue weighted by Gasteiger charge is 2.04. The molecule has 1 aromatic heterocycles. The molecule has 0 amide bonds. The maximum atomic E-state index is 6.00. The fraction of sp³-hybridized carbons (Fsp3) is 0.214. The van der Waals surface area contributed by atoms with Crippen LogP contribution in [0, 0.1) is 0 Å². The number of rotatable bonds is 4. The van der Waals surface area contributed by atoms with Crippen LogP contribution >= 0.6 is 23.2 Å². The van der Waals surface area contributed by atoms with Crippen LogP contribution in [-0.2, 0) is 13.1 Å². The van der Waals surface area contributed by atoms with E-state index in [-0.39, 0.29) is 0 Å². The second kappa shape index (κ2) is 6.19. The second-order valence-electron chi connectivity index (χ2n) is 4.28. The van der Waals surface area contributed by atoms with E-state index >= 15 is 0 Å². The Bertz CT molecular complexity index is 514. The van der Waals surface area contributed by atoms with Crippen molar-refractivity contribution in [3.05, 3.63) is 63.9 Å². The molecule has 18 heavy (non-hydrogen) atoms. The lowest BCUT2D eigenvalue weighted by Gasteiger charge is -2.16. The minimum Gasteiger partial charge on any atom is -0.298 e. The number of nitrogens with zero attached hydrogens (tertiary/aromatic N) is 2. The molecule has 0 aliphatic rings. The highest BCUT2D eigenvalue weighted by Crippen LogP contribution is 2.23. The Morgan fingerprint density at radius 1 is 1.06 bits per heavy atom. The second-order valence-corrected chi connectivity index (χ2v) is 5.10.